The number of nitrogens with one attached hydrogen (secondary N) is 1. The van der Waals surface area contributed by atoms with Crippen molar-refractivity contribution in [1.82, 2.24) is 4.72 Å². The lowest BCUT2D eigenvalue weighted by Crippen LogP contribution is -2.19. The zero-order chi connectivity index (χ0) is 9.26. The molecule has 1 amide bonds. The van der Waals surface area contributed by atoms with Crippen LogP contribution in [0.4, 0.5) is 0 Å². The number of rotatable bonds is 5. The predicted molar refractivity (Wildman–Crippen MR) is 51.7 cm³/mol. The highest BCUT2D eigenvalue weighted by molar-refractivity contribution is 7.93. The molecule has 2 rings (SSSR count). The Labute approximate surface area is 82.9 Å². The van der Waals surface area contributed by atoms with E-state index in [9.17, 15) is 4.79 Å². The molecule has 0 radical (unpaired) electrons. The maximum absolute atomic E-state index is 11.4. The van der Waals surface area contributed by atoms with Crippen LogP contribution in [0.3, 0.4) is 0 Å². The van der Waals surface area contributed by atoms with Gasteiger partial charge in [-0.3, -0.25) is 13.7 Å². The van der Waals surface area contributed by atoms with E-state index in [1.165, 1.54) is 0 Å². The van der Waals surface area contributed by atoms with Gasteiger partial charge in [0.15, 0.2) is 0 Å². The summed E-state index contributed by atoms with van der Waals surface area (Å²) in [6.07, 6.45) is 4.86. The molecule has 2 fully saturated rings. The molecule has 2 aliphatic rings. The van der Waals surface area contributed by atoms with Gasteiger partial charge >= 0.3 is 0 Å². The minimum atomic E-state index is 0.150. The molecule has 0 aliphatic heterocycles. The number of amides is 1. The Balaban J connectivity index is 1.56. The van der Waals surface area contributed by atoms with Gasteiger partial charge in [-0.1, -0.05) is 13.3 Å². The number of hydrogen-bond donors (Lipinski definition) is 1. The van der Waals surface area contributed by atoms with Crippen molar-refractivity contribution in [3.8, 4) is 0 Å². The predicted octanol–water partition coefficient (Wildman–Crippen LogP) is 1.89. The topological polar surface area (TPSA) is 38.3 Å². The van der Waals surface area contributed by atoms with Gasteiger partial charge in [0, 0.05) is 5.92 Å². The zero-order valence-electron chi connectivity index (χ0n) is 7.79. The SMILES string of the molecule is CCC1CC1C(=O)NSOC1CC1. The molecule has 13 heavy (non-hydrogen) atoms. The summed E-state index contributed by atoms with van der Waals surface area (Å²) in [4.78, 5) is 11.4. The van der Waals surface area contributed by atoms with E-state index in [-0.39, 0.29) is 11.8 Å². The van der Waals surface area contributed by atoms with Gasteiger partial charge in [0.2, 0.25) is 5.91 Å². The first-order valence-electron chi connectivity index (χ1n) is 4.93. The van der Waals surface area contributed by atoms with E-state index in [4.69, 9.17) is 4.18 Å². The Kier molecular flexibility index (Phi) is 2.79. The molecule has 2 atom stereocenters. The lowest BCUT2D eigenvalue weighted by atomic mass is 10.2. The molecule has 2 saturated carbocycles. The molecule has 0 heterocycles. The Bertz CT molecular complexity index is 206. The van der Waals surface area contributed by atoms with Gasteiger partial charge in [0.25, 0.3) is 0 Å². The summed E-state index contributed by atoms with van der Waals surface area (Å²) in [7, 11) is 0. The summed E-state index contributed by atoms with van der Waals surface area (Å²) in [6.45, 7) is 2.13. The molecule has 2 unspecified atom stereocenters. The second-order valence-corrected chi connectivity index (χ2v) is 4.42. The van der Waals surface area contributed by atoms with Crippen molar-refractivity contribution in [3.63, 3.8) is 0 Å². The van der Waals surface area contributed by atoms with E-state index in [0.717, 1.165) is 37.9 Å². The van der Waals surface area contributed by atoms with E-state index >= 15 is 0 Å². The van der Waals surface area contributed by atoms with Crippen LogP contribution in [-0.4, -0.2) is 12.0 Å². The summed E-state index contributed by atoms with van der Waals surface area (Å²) in [5.74, 6) is 1.04. The van der Waals surface area contributed by atoms with E-state index in [2.05, 4.69) is 11.6 Å². The van der Waals surface area contributed by atoms with Gasteiger partial charge in [-0.05, 0) is 25.2 Å². The van der Waals surface area contributed by atoms with Crippen molar-refractivity contribution in [2.45, 2.75) is 38.7 Å². The number of carbonyl (C=O) groups excluding carboxylic acids is 1. The average molecular weight is 201 g/mol. The van der Waals surface area contributed by atoms with E-state index in [1.807, 2.05) is 0 Å². The van der Waals surface area contributed by atoms with E-state index in [0.29, 0.717) is 12.0 Å². The van der Waals surface area contributed by atoms with Crippen molar-refractivity contribution in [2.24, 2.45) is 11.8 Å². The maximum Gasteiger partial charge on any atom is 0.234 e. The fourth-order valence-electron chi connectivity index (χ4n) is 1.39. The van der Waals surface area contributed by atoms with Gasteiger partial charge in [-0.15, -0.1) is 0 Å². The van der Waals surface area contributed by atoms with Crippen LogP contribution >= 0.6 is 12.2 Å². The summed E-state index contributed by atoms with van der Waals surface area (Å²) in [6, 6.07) is 0. The summed E-state index contributed by atoms with van der Waals surface area (Å²) in [5, 5.41) is 0. The number of carbonyl (C=O) groups is 1. The van der Waals surface area contributed by atoms with Gasteiger partial charge in [0.05, 0.1) is 6.10 Å². The minimum absolute atomic E-state index is 0.150. The molecule has 0 bridgehead atoms. The zero-order valence-corrected chi connectivity index (χ0v) is 8.60. The van der Waals surface area contributed by atoms with Crippen LogP contribution in [0, 0.1) is 11.8 Å². The largest absolute Gasteiger partial charge is 0.293 e. The third-order valence-electron chi connectivity index (χ3n) is 2.63. The summed E-state index contributed by atoms with van der Waals surface area (Å²) < 4.78 is 7.99. The van der Waals surface area contributed by atoms with Crippen LogP contribution in [0.1, 0.15) is 32.6 Å². The molecular formula is C9H15NO2S. The molecule has 1 N–H and O–H groups in total. The van der Waals surface area contributed by atoms with Crippen LogP contribution in [-0.2, 0) is 8.98 Å². The maximum atomic E-state index is 11.4. The van der Waals surface area contributed by atoms with Gasteiger partial charge < -0.3 is 0 Å². The Morgan fingerprint density at radius 2 is 2.38 bits per heavy atom. The van der Waals surface area contributed by atoms with Crippen LogP contribution < -0.4 is 4.72 Å². The smallest absolute Gasteiger partial charge is 0.234 e. The molecule has 2 aliphatic carbocycles. The normalized spacial score (nSPS) is 31.5. The molecule has 74 valence electrons. The van der Waals surface area contributed by atoms with Gasteiger partial charge in [-0.2, -0.15) is 0 Å². The first-order chi connectivity index (χ1) is 6.31. The third kappa shape index (κ3) is 2.61. The van der Waals surface area contributed by atoms with Crippen LogP contribution in [0.15, 0.2) is 0 Å². The Hall–Kier alpha value is -0.220. The van der Waals surface area contributed by atoms with Crippen molar-refractivity contribution < 1.29 is 8.98 Å². The second-order valence-electron chi connectivity index (χ2n) is 3.86. The van der Waals surface area contributed by atoms with Crippen molar-refractivity contribution in [1.29, 1.82) is 0 Å². The first-order valence-corrected chi connectivity index (χ1v) is 5.67. The molecule has 0 saturated heterocycles. The standard InChI is InChI=1S/C9H15NO2S/c1-2-6-5-8(6)9(11)10-13-12-7-3-4-7/h6-8H,2-5H2,1H3,(H,10,11). The summed E-state index contributed by atoms with van der Waals surface area (Å²) in [5.41, 5.74) is 0. The van der Waals surface area contributed by atoms with Crippen molar-refractivity contribution >= 4 is 18.1 Å². The van der Waals surface area contributed by atoms with Crippen molar-refractivity contribution in [2.75, 3.05) is 0 Å². The third-order valence-corrected chi connectivity index (χ3v) is 3.29. The lowest BCUT2D eigenvalue weighted by Gasteiger charge is -2.01. The molecule has 4 heteroatoms. The van der Waals surface area contributed by atoms with E-state index in [1.54, 1.807) is 0 Å². The van der Waals surface area contributed by atoms with Gasteiger partial charge in [0.1, 0.15) is 12.2 Å². The molecule has 0 aromatic heterocycles. The molecule has 0 aromatic carbocycles. The highest BCUT2D eigenvalue weighted by Crippen LogP contribution is 2.41. The van der Waals surface area contributed by atoms with Crippen LogP contribution in [0.5, 0.6) is 0 Å². The Morgan fingerprint density at radius 1 is 1.62 bits per heavy atom. The highest BCUT2D eigenvalue weighted by Gasteiger charge is 2.41. The minimum Gasteiger partial charge on any atom is -0.293 e. The summed E-state index contributed by atoms with van der Waals surface area (Å²) >= 11 is 1.11. The fraction of sp³-hybridized carbons (Fsp3) is 0.889. The average Bonchev–Trinajstić information content (AvgIpc) is 3.00. The molecular weight excluding hydrogens is 186 g/mol. The monoisotopic (exact) mass is 201 g/mol. The fourth-order valence-corrected chi connectivity index (χ4v) is 2.00. The van der Waals surface area contributed by atoms with Crippen molar-refractivity contribution in [3.05, 3.63) is 0 Å². The molecule has 0 spiro atoms. The van der Waals surface area contributed by atoms with Crippen LogP contribution in [0.2, 0.25) is 0 Å². The lowest BCUT2D eigenvalue weighted by molar-refractivity contribution is -0.120. The second kappa shape index (κ2) is 3.88. The quantitative estimate of drug-likeness (QED) is 0.545. The highest BCUT2D eigenvalue weighted by atomic mass is 32.2. The van der Waals surface area contributed by atoms with Gasteiger partial charge in [-0.25, -0.2) is 0 Å². The first kappa shape index (κ1) is 9.34. The Morgan fingerprint density at radius 3 is 2.92 bits per heavy atom. The molecule has 3 nitrogen and oxygen atoms in total. The van der Waals surface area contributed by atoms with Crippen LogP contribution in [0.25, 0.3) is 0 Å². The molecule has 0 aromatic rings. The number of hydrogen-bond acceptors (Lipinski definition) is 3. The van der Waals surface area contributed by atoms with E-state index < -0.39 is 0 Å².